The van der Waals surface area contributed by atoms with Crippen LogP contribution in [-0.2, 0) is 46.2 Å². The molecule has 0 aromatic heterocycles. The molecule has 2 N–H and O–H groups in total. The summed E-state index contributed by atoms with van der Waals surface area (Å²) >= 11 is 3.47. The summed E-state index contributed by atoms with van der Waals surface area (Å²) in [7, 11) is 0. The number of para-hydroxylation sites is 2. The second kappa shape index (κ2) is 12.3. The quantitative estimate of drug-likeness (QED) is 0.363. The van der Waals surface area contributed by atoms with E-state index in [4.69, 9.17) is 4.74 Å². The van der Waals surface area contributed by atoms with E-state index in [0.717, 1.165) is 26.9 Å². The molecular formula is C33H34BrN3O6. The Morgan fingerprint density at radius 2 is 1.58 bits per heavy atom. The maximum absolute atomic E-state index is 14.7. The lowest BCUT2D eigenvalue weighted by Crippen LogP contribution is -2.61. The molecule has 224 valence electrons. The van der Waals surface area contributed by atoms with Crippen LogP contribution in [0.25, 0.3) is 0 Å². The number of rotatable bonds is 6. The van der Waals surface area contributed by atoms with E-state index in [1.807, 2.05) is 72.8 Å². The van der Waals surface area contributed by atoms with Crippen LogP contribution in [-0.4, -0.2) is 43.0 Å². The number of carbonyl (C=O) groups is 4. The first-order chi connectivity index (χ1) is 20.7. The first-order valence-corrected chi connectivity index (χ1v) is 15.1. The first kappa shape index (κ1) is 30.4. The second-order valence-electron chi connectivity index (χ2n) is 10.7. The van der Waals surface area contributed by atoms with Crippen molar-refractivity contribution in [3.63, 3.8) is 0 Å². The van der Waals surface area contributed by atoms with Gasteiger partial charge in [-0.15, -0.1) is 0 Å². The van der Waals surface area contributed by atoms with E-state index in [0.29, 0.717) is 25.3 Å². The van der Waals surface area contributed by atoms with Gasteiger partial charge in [0.15, 0.2) is 0 Å². The van der Waals surface area contributed by atoms with E-state index in [9.17, 15) is 19.2 Å². The Balaban J connectivity index is 0.000000559. The number of nitrogens with one attached hydrogen (secondary N) is 2. The summed E-state index contributed by atoms with van der Waals surface area (Å²) in [6, 6.07) is 22.6. The topological polar surface area (TPSA) is 114 Å². The van der Waals surface area contributed by atoms with Crippen molar-refractivity contribution >= 4 is 51.1 Å². The van der Waals surface area contributed by atoms with Gasteiger partial charge in [0.25, 0.3) is 5.91 Å². The number of amides is 2. The third-order valence-electron chi connectivity index (χ3n) is 8.12. The van der Waals surface area contributed by atoms with E-state index in [-0.39, 0.29) is 36.8 Å². The zero-order valence-corrected chi connectivity index (χ0v) is 25.9. The van der Waals surface area contributed by atoms with E-state index in [1.165, 1.54) is 6.92 Å². The number of hydrogen-bond acceptors (Lipinski definition) is 7. The minimum absolute atomic E-state index is 0.0644. The van der Waals surface area contributed by atoms with Gasteiger partial charge in [0, 0.05) is 34.4 Å². The average molecular weight is 649 g/mol. The molecule has 3 aromatic rings. The molecule has 0 radical (unpaired) electrons. The van der Waals surface area contributed by atoms with Gasteiger partial charge in [-0.2, -0.15) is 0 Å². The van der Waals surface area contributed by atoms with Crippen molar-refractivity contribution in [1.82, 2.24) is 5.32 Å². The second-order valence-corrected chi connectivity index (χ2v) is 11.6. The fourth-order valence-electron chi connectivity index (χ4n) is 6.58. The molecule has 0 saturated carbocycles. The fraction of sp³-hybridized carbons (Fsp3) is 0.333. The Kier molecular flexibility index (Phi) is 8.71. The smallest absolute Gasteiger partial charge is 0.307 e. The summed E-state index contributed by atoms with van der Waals surface area (Å²) in [6.45, 7) is 6.04. The van der Waals surface area contributed by atoms with Gasteiger partial charge in [0.1, 0.15) is 11.0 Å². The lowest BCUT2D eigenvalue weighted by atomic mass is 9.63. The van der Waals surface area contributed by atoms with Crippen LogP contribution in [0, 0.1) is 0 Å². The summed E-state index contributed by atoms with van der Waals surface area (Å²) in [5, 5.41) is 6.56. The zero-order valence-electron chi connectivity index (χ0n) is 24.3. The Morgan fingerprint density at radius 1 is 0.930 bits per heavy atom. The van der Waals surface area contributed by atoms with Gasteiger partial charge in [0.2, 0.25) is 5.91 Å². The largest absolute Gasteiger partial charge is 0.466 e. The maximum atomic E-state index is 14.7. The van der Waals surface area contributed by atoms with E-state index in [1.54, 1.807) is 18.7 Å². The number of carbonyl (C=O) groups excluding carboxylic acids is 4. The van der Waals surface area contributed by atoms with Crippen LogP contribution in [0.4, 0.5) is 11.4 Å². The Bertz CT molecular complexity index is 1560. The van der Waals surface area contributed by atoms with Crippen molar-refractivity contribution < 1.29 is 28.7 Å². The first-order valence-electron chi connectivity index (χ1n) is 14.3. The number of hydrogen-bond donors (Lipinski definition) is 2. The van der Waals surface area contributed by atoms with Gasteiger partial charge in [0.05, 0.1) is 26.2 Å². The van der Waals surface area contributed by atoms with Gasteiger partial charge in [-0.1, -0.05) is 64.5 Å². The zero-order chi connectivity index (χ0) is 30.8. The number of ether oxygens (including phenoxy) is 2. The molecule has 9 nitrogen and oxygen atoms in total. The summed E-state index contributed by atoms with van der Waals surface area (Å²) in [5.74, 6) is -1.00. The molecule has 2 spiro atoms. The molecule has 3 aliphatic heterocycles. The van der Waals surface area contributed by atoms with Gasteiger partial charge < -0.3 is 19.7 Å². The third-order valence-corrected chi connectivity index (χ3v) is 8.65. The van der Waals surface area contributed by atoms with Gasteiger partial charge in [-0.25, -0.2) is 0 Å². The molecule has 3 aromatic carbocycles. The normalized spacial score (nSPS) is 23.0. The van der Waals surface area contributed by atoms with E-state index in [2.05, 4.69) is 31.3 Å². The molecule has 3 aliphatic rings. The van der Waals surface area contributed by atoms with Crippen LogP contribution in [0.3, 0.4) is 0 Å². The molecule has 43 heavy (non-hydrogen) atoms. The van der Waals surface area contributed by atoms with Crippen molar-refractivity contribution in [1.29, 1.82) is 0 Å². The third kappa shape index (κ3) is 5.23. The van der Waals surface area contributed by atoms with Crippen molar-refractivity contribution in [2.24, 2.45) is 0 Å². The van der Waals surface area contributed by atoms with Crippen LogP contribution in [0.15, 0.2) is 77.3 Å². The van der Waals surface area contributed by atoms with Crippen LogP contribution in [0.1, 0.15) is 50.3 Å². The summed E-state index contributed by atoms with van der Waals surface area (Å²) in [4.78, 5) is 52.8. The lowest BCUT2D eigenvalue weighted by Gasteiger charge is -2.38. The highest BCUT2D eigenvalue weighted by molar-refractivity contribution is 9.10. The Labute approximate surface area is 259 Å². The molecule has 0 bridgehead atoms. The molecule has 2 amide bonds. The molecule has 1 fully saturated rings. The SMILES string of the molecule is CCOC(=O)C[C@H]1C[C@]2(C(=O)Nc3ccccc32)[C@@]2(N1)C(=O)N(Cc1ccc(Br)cc1)c1ccccc12.CCOC(C)=O. The van der Waals surface area contributed by atoms with Gasteiger partial charge in [-0.05, 0) is 55.7 Å². The predicted octanol–water partition coefficient (Wildman–Crippen LogP) is 4.97. The maximum Gasteiger partial charge on any atom is 0.307 e. The number of nitrogens with zero attached hydrogens (tertiary/aromatic N) is 1. The molecule has 0 unspecified atom stereocenters. The van der Waals surface area contributed by atoms with Crippen molar-refractivity contribution in [3.8, 4) is 0 Å². The highest BCUT2D eigenvalue weighted by Gasteiger charge is 2.73. The molecular weight excluding hydrogens is 614 g/mol. The highest BCUT2D eigenvalue weighted by Crippen LogP contribution is 2.61. The van der Waals surface area contributed by atoms with Crippen molar-refractivity contribution in [2.75, 3.05) is 23.4 Å². The lowest BCUT2D eigenvalue weighted by molar-refractivity contribution is -0.144. The van der Waals surface area contributed by atoms with Gasteiger partial charge >= 0.3 is 11.9 Å². The van der Waals surface area contributed by atoms with Crippen LogP contribution >= 0.6 is 15.9 Å². The molecule has 3 heterocycles. The highest BCUT2D eigenvalue weighted by atomic mass is 79.9. The monoisotopic (exact) mass is 647 g/mol. The molecule has 1 saturated heterocycles. The minimum Gasteiger partial charge on any atom is -0.466 e. The predicted molar refractivity (Wildman–Crippen MR) is 165 cm³/mol. The standard InChI is InChI=1S/C29H26BrN3O4.C4H8O2/c1-2-37-25(34)15-20-16-28(21-7-3-5-9-23(21)31-26(28)35)29(32-20)22-8-4-6-10-24(22)33(27(29)36)17-18-11-13-19(30)14-12-18;1-3-6-4(2)5/h3-14,20,32H,2,15-17H2,1H3,(H,31,35);3H2,1-2H3/t20-,28-,29-;/m0./s1. The van der Waals surface area contributed by atoms with Crippen LogP contribution in [0.2, 0.25) is 0 Å². The minimum atomic E-state index is -1.37. The molecule has 10 heteroatoms. The summed E-state index contributed by atoms with van der Waals surface area (Å²) in [5.41, 5.74) is 1.35. The summed E-state index contributed by atoms with van der Waals surface area (Å²) in [6.07, 6.45) is 0.357. The van der Waals surface area contributed by atoms with E-state index < -0.39 is 17.0 Å². The Hall–Kier alpha value is -4.02. The van der Waals surface area contributed by atoms with Crippen LogP contribution < -0.4 is 15.5 Å². The van der Waals surface area contributed by atoms with Gasteiger partial charge in [-0.3, -0.25) is 24.5 Å². The average Bonchev–Trinajstić information content (AvgIpc) is 3.55. The number of halogens is 1. The van der Waals surface area contributed by atoms with E-state index >= 15 is 0 Å². The molecule has 3 atom stereocenters. The molecule has 6 rings (SSSR count). The Morgan fingerprint density at radius 3 is 2.23 bits per heavy atom. The van der Waals surface area contributed by atoms with Crippen molar-refractivity contribution in [3.05, 3.63) is 94.0 Å². The number of benzene rings is 3. The number of anilines is 2. The fourth-order valence-corrected chi connectivity index (χ4v) is 6.84. The van der Waals surface area contributed by atoms with Crippen LogP contribution in [0.5, 0.6) is 0 Å². The number of esters is 2. The van der Waals surface area contributed by atoms with Crippen molar-refractivity contribution in [2.45, 2.75) is 57.2 Å². The number of fused-ring (bicyclic) bond motifs is 5. The summed E-state index contributed by atoms with van der Waals surface area (Å²) < 4.78 is 10.6. The molecule has 0 aliphatic carbocycles.